The van der Waals surface area contributed by atoms with E-state index in [-0.39, 0.29) is 19.6 Å². The Bertz CT molecular complexity index is 642. The highest BCUT2D eigenvalue weighted by Crippen LogP contribution is 2.43. The summed E-state index contributed by atoms with van der Waals surface area (Å²) in [4.78, 5) is 21.8. The lowest BCUT2D eigenvalue weighted by Gasteiger charge is -2.24. The minimum absolute atomic E-state index is 0.0559. The lowest BCUT2D eigenvalue weighted by Crippen LogP contribution is -2.37. The summed E-state index contributed by atoms with van der Waals surface area (Å²) >= 11 is 0. The lowest BCUT2D eigenvalue weighted by molar-refractivity contribution is -0.870. The summed E-state index contributed by atoms with van der Waals surface area (Å²) < 4.78 is 27.6. The van der Waals surface area contributed by atoms with Crippen molar-refractivity contribution in [3.8, 4) is 0 Å². The molecule has 0 bridgehead atoms. The minimum Gasteiger partial charge on any atom is -0.457 e. The van der Waals surface area contributed by atoms with E-state index in [4.69, 9.17) is 13.8 Å². The van der Waals surface area contributed by atoms with Crippen molar-refractivity contribution in [3.05, 3.63) is 0 Å². The number of hydrogen-bond donors (Lipinski definition) is 2. The largest absolute Gasteiger partial charge is 0.472 e. The molecule has 0 saturated carbocycles. The molecule has 0 aromatic heterocycles. The Morgan fingerprint density at radius 2 is 1.07 bits per heavy atom. The maximum atomic E-state index is 12.1. The van der Waals surface area contributed by atoms with Crippen molar-refractivity contribution < 1.29 is 37.6 Å². The van der Waals surface area contributed by atoms with E-state index in [1.54, 1.807) is 0 Å². The van der Waals surface area contributed by atoms with E-state index in [0.29, 0.717) is 11.0 Å². The quantitative estimate of drug-likeness (QED) is 0.0353. The number of likely N-dealkylation sites (N-methyl/N-ethyl adjacent to an activating group) is 1. The average molecular weight is 609 g/mol. The van der Waals surface area contributed by atoms with E-state index in [1.807, 2.05) is 21.1 Å². The van der Waals surface area contributed by atoms with Crippen molar-refractivity contribution in [2.45, 2.75) is 154 Å². The number of phosphoric ester groups is 1. The number of quaternary nitrogens is 1. The van der Waals surface area contributed by atoms with Crippen LogP contribution >= 0.6 is 7.82 Å². The third-order valence-corrected chi connectivity index (χ3v) is 8.41. The van der Waals surface area contributed by atoms with Crippen LogP contribution in [-0.4, -0.2) is 74.1 Å². The second-order valence-electron chi connectivity index (χ2n) is 12.7. The lowest BCUT2D eigenvalue weighted by atomic mass is 10.0. The molecule has 0 aliphatic rings. The highest BCUT2D eigenvalue weighted by atomic mass is 31.2. The maximum absolute atomic E-state index is 12.1. The molecule has 0 aromatic carbocycles. The van der Waals surface area contributed by atoms with Gasteiger partial charge in [-0.25, -0.2) is 4.57 Å². The molecule has 0 fully saturated rings. The van der Waals surface area contributed by atoms with Crippen molar-refractivity contribution in [3.63, 3.8) is 0 Å². The van der Waals surface area contributed by atoms with Crippen molar-refractivity contribution in [2.24, 2.45) is 0 Å². The molecule has 41 heavy (non-hydrogen) atoms. The molecule has 0 aliphatic heterocycles. The number of hydrogen-bond acceptors (Lipinski definition) is 6. The van der Waals surface area contributed by atoms with Gasteiger partial charge in [0.05, 0.1) is 34.4 Å². The zero-order chi connectivity index (χ0) is 30.7. The number of carbonyl (C=O) groups excluding carboxylic acids is 1. The zero-order valence-electron chi connectivity index (χ0n) is 27.3. The van der Waals surface area contributed by atoms with Gasteiger partial charge in [-0.3, -0.25) is 13.8 Å². The van der Waals surface area contributed by atoms with Crippen LogP contribution in [0.4, 0.5) is 0 Å². The third-order valence-electron chi connectivity index (χ3n) is 7.43. The molecular weight excluding hydrogens is 541 g/mol. The van der Waals surface area contributed by atoms with Crippen LogP contribution in [0.3, 0.4) is 0 Å². The summed E-state index contributed by atoms with van der Waals surface area (Å²) in [6.07, 6.45) is 26.9. The van der Waals surface area contributed by atoms with Gasteiger partial charge in [0.2, 0.25) is 0 Å². The minimum atomic E-state index is -4.26. The monoisotopic (exact) mass is 608 g/mol. The molecule has 0 radical (unpaired) electrons. The second kappa shape index (κ2) is 27.1. The zero-order valence-corrected chi connectivity index (χ0v) is 28.2. The first-order chi connectivity index (χ1) is 19.6. The van der Waals surface area contributed by atoms with Crippen molar-refractivity contribution in [1.82, 2.24) is 0 Å². The molecule has 0 aromatic rings. The number of phosphoric acid groups is 1. The molecular formula is C32H67NO7P+. The SMILES string of the molecule is CCCCCCCCCCCCCCCCCCCCCCCC(=O)O[C@@H](CO)COP(=O)(O)OCC[N+](C)(C)C. The predicted octanol–water partition coefficient (Wildman–Crippen LogP) is 8.33. The molecule has 0 saturated heterocycles. The number of rotatable bonds is 31. The number of unbranched alkanes of at least 4 members (excludes halogenated alkanes) is 20. The average Bonchev–Trinajstić information content (AvgIpc) is 2.91. The molecule has 0 spiro atoms. The number of ether oxygens (including phenoxy) is 1. The predicted molar refractivity (Wildman–Crippen MR) is 169 cm³/mol. The maximum Gasteiger partial charge on any atom is 0.472 e. The molecule has 0 amide bonds. The molecule has 2 atom stereocenters. The number of nitrogens with zero attached hydrogens (tertiary/aromatic N) is 1. The Kier molecular flexibility index (Phi) is 26.7. The Morgan fingerprint density at radius 1 is 0.683 bits per heavy atom. The van der Waals surface area contributed by atoms with Gasteiger partial charge < -0.3 is 19.2 Å². The van der Waals surface area contributed by atoms with Gasteiger partial charge in [-0.15, -0.1) is 0 Å². The van der Waals surface area contributed by atoms with Crippen molar-refractivity contribution in [2.75, 3.05) is 47.5 Å². The number of carbonyl (C=O) groups is 1. The van der Waals surface area contributed by atoms with E-state index in [0.717, 1.165) is 19.3 Å². The Hall–Kier alpha value is -0.500. The van der Waals surface area contributed by atoms with Crippen LogP contribution in [0.15, 0.2) is 0 Å². The van der Waals surface area contributed by atoms with Gasteiger partial charge in [0.25, 0.3) is 0 Å². The van der Waals surface area contributed by atoms with Gasteiger partial charge in [0, 0.05) is 6.42 Å². The van der Waals surface area contributed by atoms with Crippen LogP contribution in [0.5, 0.6) is 0 Å². The topological polar surface area (TPSA) is 102 Å². The van der Waals surface area contributed by atoms with Crippen molar-refractivity contribution >= 4 is 13.8 Å². The van der Waals surface area contributed by atoms with Crippen LogP contribution in [0.25, 0.3) is 0 Å². The molecule has 246 valence electrons. The smallest absolute Gasteiger partial charge is 0.457 e. The molecule has 2 N–H and O–H groups in total. The summed E-state index contributed by atoms with van der Waals surface area (Å²) in [5, 5.41) is 9.43. The standard InChI is InChI=1S/C32H66NO7P/c1-5-6-7-8-9-10-11-12-13-14-15-16-17-18-19-20-21-22-23-24-25-26-32(35)40-31(29-34)30-39-41(36,37)38-28-27-33(2,3)4/h31,34H,5-30H2,1-4H3/p+1/t31-/m0/s1. The third kappa shape index (κ3) is 30.8. The molecule has 1 unspecified atom stereocenters. The first-order valence-electron chi connectivity index (χ1n) is 16.8. The van der Waals surface area contributed by atoms with Crippen LogP contribution in [-0.2, 0) is 23.1 Å². The summed E-state index contributed by atoms with van der Waals surface area (Å²) in [5.74, 6) is -0.427. The molecule has 9 heteroatoms. The van der Waals surface area contributed by atoms with Crippen LogP contribution < -0.4 is 0 Å². The first kappa shape index (κ1) is 40.5. The Labute approximate surface area is 253 Å². The van der Waals surface area contributed by atoms with E-state index in [1.165, 1.54) is 116 Å². The number of aliphatic hydroxyl groups excluding tert-OH is 1. The van der Waals surface area contributed by atoms with Crippen molar-refractivity contribution in [1.29, 1.82) is 0 Å². The highest BCUT2D eigenvalue weighted by molar-refractivity contribution is 7.47. The van der Waals surface area contributed by atoms with E-state index >= 15 is 0 Å². The van der Waals surface area contributed by atoms with Gasteiger partial charge in [-0.1, -0.05) is 135 Å². The second-order valence-corrected chi connectivity index (χ2v) is 14.2. The van der Waals surface area contributed by atoms with Gasteiger partial charge in [-0.2, -0.15) is 0 Å². The highest BCUT2D eigenvalue weighted by Gasteiger charge is 2.25. The van der Waals surface area contributed by atoms with Gasteiger partial charge >= 0.3 is 13.8 Å². The Balaban J connectivity index is 3.53. The fraction of sp³-hybridized carbons (Fsp3) is 0.969. The van der Waals surface area contributed by atoms with Gasteiger partial charge in [0.1, 0.15) is 19.3 Å². The first-order valence-corrected chi connectivity index (χ1v) is 18.3. The fourth-order valence-electron chi connectivity index (χ4n) is 4.71. The summed E-state index contributed by atoms with van der Waals surface area (Å²) in [5.41, 5.74) is 0. The molecule has 8 nitrogen and oxygen atoms in total. The van der Waals surface area contributed by atoms with Crippen LogP contribution in [0.2, 0.25) is 0 Å². The van der Waals surface area contributed by atoms with Gasteiger partial charge in [-0.05, 0) is 6.42 Å². The molecule has 0 aliphatic carbocycles. The number of aliphatic hydroxyl groups is 1. The summed E-state index contributed by atoms with van der Waals surface area (Å²) in [6, 6.07) is 0. The van der Waals surface area contributed by atoms with Crippen LogP contribution in [0.1, 0.15) is 148 Å². The van der Waals surface area contributed by atoms with Gasteiger partial charge in [0.15, 0.2) is 0 Å². The summed E-state index contributed by atoms with van der Waals surface area (Å²) in [6.45, 7) is 2.00. The Morgan fingerprint density at radius 3 is 1.44 bits per heavy atom. The fourth-order valence-corrected chi connectivity index (χ4v) is 5.46. The summed E-state index contributed by atoms with van der Waals surface area (Å²) in [7, 11) is 1.56. The number of esters is 1. The van der Waals surface area contributed by atoms with E-state index in [2.05, 4.69) is 6.92 Å². The van der Waals surface area contributed by atoms with E-state index in [9.17, 15) is 19.4 Å². The van der Waals surface area contributed by atoms with E-state index < -0.39 is 26.5 Å². The normalized spacial score (nSPS) is 14.2. The van der Waals surface area contributed by atoms with Crippen LogP contribution in [0, 0.1) is 0 Å². The molecule has 0 heterocycles. The molecule has 0 rings (SSSR count).